The lowest BCUT2D eigenvalue weighted by Gasteiger charge is -2.34. The third-order valence-corrected chi connectivity index (χ3v) is 4.06. The first-order valence-corrected chi connectivity index (χ1v) is 7.77. The van der Waals surface area contributed by atoms with Gasteiger partial charge in [-0.1, -0.05) is 0 Å². The maximum Gasteiger partial charge on any atom is 0.338 e. The van der Waals surface area contributed by atoms with Crippen molar-refractivity contribution in [2.75, 3.05) is 18.1 Å². The SMILES string of the molecule is CCOC(=O)c1cc([N+](=O)[O-])c(N2CCCC[C@H]2C)c([N+](=O)[O-])c1. The Morgan fingerprint density at radius 1 is 1.25 bits per heavy atom. The summed E-state index contributed by atoms with van der Waals surface area (Å²) in [4.78, 5) is 35.1. The number of piperidine rings is 1. The zero-order valence-electron chi connectivity index (χ0n) is 13.6. The van der Waals surface area contributed by atoms with Gasteiger partial charge in [0.15, 0.2) is 5.69 Å². The van der Waals surface area contributed by atoms with Crippen molar-refractivity contribution in [3.05, 3.63) is 37.9 Å². The topological polar surface area (TPSA) is 116 Å². The zero-order chi connectivity index (χ0) is 17.9. The molecule has 130 valence electrons. The molecule has 1 aliphatic rings. The molecule has 0 saturated carbocycles. The number of benzene rings is 1. The van der Waals surface area contributed by atoms with Gasteiger partial charge in [-0.05, 0) is 33.1 Å². The van der Waals surface area contributed by atoms with Crippen LogP contribution < -0.4 is 4.90 Å². The van der Waals surface area contributed by atoms with E-state index < -0.39 is 27.2 Å². The summed E-state index contributed by atoms with van der Waals surface area (Å²) in [6.45, 7) is 4.04. The first kappa shape index (κ1) is 17.6. The lowest BCUT2D eigenvalue weighted by Crippen LogP contribution is -2.38. The van der Waals surface area contributed by atoms with E-state index in [1.807, 2.05) is 6.92 Å². The minimum absolute atomic E-state index is 0.0368. The van der Waals surface area contributed by atoms with Crippen molar-refractivity contribution in [1.29, 1.82) is 0 Å². The number of esters is 1. The molecule has 1 aliphatic heterocycles. The van der Waals surface area contributed by atoms with E-state index in [1.165, 1.54) is 0 Å². The number of carbonyl (C=O) groups is 1. The van der Waals surface area contributed by atoms with Gasteiger partial charge >= 0.3 is 17.3 Å². The standard InChI is InChI=1S/C15H19N3O6/c1-3-24-15(19)11-8-12(17(20)21)14(13(9-11)18(22)23)16-7-5-4-6-10(16)2/h8-10H,3-7H2,1-2H3/t10-/m1/s1. The van der Waals surface area contributed by atoms with Crippen LogP contribution in [0.15, 0.2) is 12.1 Å². The predicted octanol–water partition coefficient (Wildman–Crippen LogP) is 3.06. The van der Waals surface area contributed by atoms with E-state index in [-0.39, 0.29) is 23.9 Å². The highest BCUT2D eigenvalue weighted by molar-refractivity contribution is 5.94. The lowest BCUT2D eigenvalue weighted by atomic mass is 10.0. The third-order valence-electron chi connectivity index (χ3n) is 4.06. The molecule has 1 aromatic rings. The first-order chi connectivity index (χ1) is 11.4. The van der Waals surface area contributed by atoms with E-state index in [2.05, 4.69) is 0 Å². The number of hydrogen-bond acceptors (Lipinski definition) is 7. The number of nitro groups is 2. The molecule has 0 N–H and O–H groups in total. The maximum absolute atomic E-state index is 11.9. The normalized spacial score (nSPS) is 17.4. The third kappa shape index (κ3) is 3.44. The number of rotatable bonds is 5. The molecule has 1 atom stereocenters. The molecule has 0 aromatic heterocycles. The Bertz CT molecular complexity index is 640. The van der Waals surface area contributed by atoms with E-state index in [0.717, 1.165) is 31.4 Å². The Morgan fingerprint density at radius 2 is 1.83 bits per heavy atom. The van der Waals surface area contributed by atoms with Crippen LogP contribution in [-0.4, -0.2) is 35.0 Å². The molecule has 24 heavy (non-hydrogen) atoms. The summed E-state index contributed by atoms with van der Waals surface area (Å²) in [6, 6.07) is 2.06. The second kappa shape index (κ2) is 7.24. The van der Waals surface area contributed by atoms with E-state index >= 15 is 0 Å². The van der Waals surface area contributed by atoms with Gasteiger partial charge in [-0.15, -0.1) is 0 Å². The van der Waals surface area contributed by atoms with Crippen molar-refractivity contribution < 1.29 is 19.4 Å². The molecule has 1 aromatic carbocycles. The van der Waals surface area contributed by atoms with Gasteiger partial charge in [-0.25, -0.2) is 4.79 Å². The summed E-state index contributed by atoms with van der Waals surface area (Å²) < 4.78 is 4.81. The van der Waals surface area contributed by atoms with E-state index in [0.29, 0.717) is 6.54 Å². The molecular formula is C15H19N3O6. The van der Waals surface area contributed by atoms with Crippen molar-refractivity contribution >= 4 is 23.0 Å². The van der Waals surface area contributed by atoms with Gasteiger partial charge in [0, 0.05) is 24.7 Å². The Kier molecular flexibility index (Phi) is 5.32. The molecule has 1 fully saturated rings. The highest BCUT2D eigenvalue weighted by atomic mass is 16.6. The number of nitro benzene ring substituents is 2. The maximum atomic E-state index is 11.9. The molecule has 0 unspecified atom stereocenters. The molecule has 0 aliphatic carbocycles. The van der Waals surface area contributed by atoms with Crippen molar-refractivity contribution in [1.82, 2.24) is 0 Å². The van der Waals surface area contributed by atoms with Crippen LogP contribution in [0.2, 0.25) is 0 Å². The van der Waals surface area contributed by atoms with Crippen LogP contribution in [0, 0.1) is 20.2 Å². The summed E-state index contributed by atoms with van der Waals surface area (Å²) in [6.07, 6.45) is 2.58. The van der Waals surface area contributed by atoms with Crippen LogP contribution in [0.1, 0.15) is 43.5 Å². The van der Waals surface area contributed by atoms with Crippen LogP contribution in [0.25, 0.3) is 0 Å². The highest BCUT2D eigenvalue weighted by Crippen LogP contribution is 2.41. The van der Waals surface area contributed by atoms with Gasteiger partial charge < -0.3 is 9.64 Å². The summed E-state index contributed by atoms with van der Waals surface area (Å²) >= 11 is 0. The average Bonchev–Trinajstić information content (AvgIpc) is 2.54. The quantitative estimate of drug-likeness (QED) is 0.460. The summed E-state index contributed by atoms with van der Waals surface area (Å²) in [5.41, 5.74) is -1.11. The monoisotopic (exact) mass is 337 g/mol. The fourth-order valence-electron chi connectivity index (χ4n) is 2.94. The first-order valence-electron chi connectivity index (χ1n) is 7.77. The molecule has 0 spiro atoms. The van der Waals surface area contributed by atoms with Crippen molar-refractivity contribution in [3.8, 4) is 0 Å². The summed E-state index contributed by atoms with van der Waals surface area (Å²) in [5.74, 6) is -0.818. The number of carbonyl (C=O) groups excluding carboxylic acids is 1. The van der Waals surface area contributed by atoms with Gasteiger partial charge in [-0.3, -0.25) is 20.2 Å². The molecule has 2 rings (SSSR count). The molecule has 0 radical (unpaired) electrons. The van der Waals surface area contributed by atoms with Crippen LogP contribution in [0.4, 0.5) is 17.1 Å². The van der Waals surface area contributed by atoms with Gasteiger partial charge in [0.1, 0.15) is 0 Å². The average molecular weight is 337 g/mol. The number of anilines is 1. The highest BCUT2D eigenvalue weighted by Gasteiger charge is 2.35. The summed E-state index contributed by atoms with van der Waals surface area (Å²) in [7, 11) is 0. The Balaban J connectivity index is 2.65. The fourth-order valence-corrected chi connectivity index (χ4v) is 2.94. The molecule has 9 heteroatoms. The van der Waals surface area contributed by atoms with Crippen LogP contribution in [0.5, 0.6) is 0 Å². The number of hydrogen-bond donors (Lipinski definition) is 0. The molecule has 1 heterocycles. The molecular weight excluding hydrogens is 318 g/mol. The van der Waals surface area contributed by atoms with Gasteiger partial charge in [0.2, 0.25) is 0 Å². The van der Waals surface area contributed by atoms with E-state index in [1.54, 1.807) is 11.8 Å². The lowest BCUT2D eigenvalue weighted by molar-refractivity contribution is -0.392. The van der Waals surface area contributed by atoms with Crippen LogP contribution in [0.3, 0.4) is 0 Å². The van der Waals surface area contributed by atoms with Crippen LogP contribution in [-0.2, 0) is 4.74 Å². The van der Waals surface area contributed by atoms with Crippen molar-refractivity contribution in [2.45, 2.75) is 39.2 Å². The molecule has 0 bridgehead atoms. The molecule has 1 saturated heterocycles. The Morgan fingerprint density at radius 3 is 2.29 bits per heavy atom. The van der Waals surface area contributed by atoms with Gasteiger partial charge in [0.25, 0.3) is 0 Å². The minimum Gasteiger partial charge on any atom is -0.462 e. The molecule has 0 amide bonds. The number of ether oxygens (including phenoxy) is 1. The number of nitrogens with zero attached hydrogens (tertiary/aromatic N) is 3. The minimum atomic E-state index is -0.818. The largest absolute Gasteiger partial charge is 0.462 e. The second-order valence-electron chi connectivity index (χ2n) is 5.64. The predicted molar refractivity (Wildman–Crippen MR) is 86.4 cm³/mol. The summed E-state index contributed by atoms with van der Waals surface area (Å²) in [5, 5.41) is 23.0. The second-order valence-corrected chi connectivity index (χ2v) is 5.64. The Hall–Kier alpha value is -2.71. The fraction of sp³-hybridized carbons (Fsp3) is 0.533. The molecule has 9 nitrogen and oxygen atoms in total. The smallest absolute Gasteiger partial charge is 0.338 e. The van der Waals surface area contributed by atoms with Crippen molar-refractivity contribution in [3.63, 3.8) is 0 Å². The van der Waals surface area contributed by atoms with Gasteiger partial charge in [0.05, 0.1) is 22.0 Å². The zero-order valence-corrected chi connectivity index (χ0v) is 13.6. The van der Waals surface area contributed by atoms with E-state index in [4.69, 9.17) is 4.74 Å². The van der Waals surface area contributed by atoms with Crippen LogP contribution >= 0.6 is 0 Å². The van der Waals surface area contributed by atoms with Crippen molar-refractivity contribution in [2.24, 2.45) is 0 Å². The van der Waals surface area contributed by atoms with Gasteiger partial charge in [-0.2, -0.15) is 0 Å². The Labute approximate surface area is 138 Å². The van der Waals surface area contributed by atoms with E-state index in [9.17, 15) is 25.0 Å².